The SMILES string of the molecule is CC(C)(C)Oc1c(Br)cc2c(c1-c1c3c(cc(Br)c1O[Si](C)(C)C(C)(C)C)CCCC3)CCCC2. The first-order valence-corrected chi connectivity index (χ1v) is 17.8. The second-order valence-electron chi connectivity index (χ2n) is 12.9. The molecule has 0 amide bonds. The molecule has 2 aliphatic rings. The van der Waals surface area contributed by atoms with Gasteiger partial charge in [-0.25, -0.2) is 0 Å². The Morgan fingerprint density at radius 3 is 1.57 bits per heavy atom. The topological polar surface area (TPSA) is 18.5 Å². The van der Waals surface area contributed by atoms with Gasteiger partial charge in [-0.15, -0.1) is 0 Å². The Bertz CT molecular complexity index is 1120. The fourth-order valence-corrected chi connectivity index (χ4v) is 7.43. The fraction of sp³-hybridized carbons (Fsp3) is 0.600. The molecule has 0 fully saturated rings. The molecular weight excluding hydrogens is 580 g/mol. The molecule has 4 rings (SSSR count). The maximum absolute atomic E-state index is 7.19. The minimum Gasteiger partial charge on any atom is -0.542 e. The van der Waals surface area contributed by atoms with E-state index < -0.39 is 8.32 Å². The van der Waals surface area contributed by atoms with Crippen LogP contribution in [0.2, 0.25) is 18.1 Å². The van der Waals surface area contributed by atoms with Gasteiger partial charge in [-0.1, -0.05) is 20.8 Å². The van der Waals surface area contributed by atoms with Crippen LogP contribution in [-0.2, 0) is 25.7 Å². The third-order valence-corrected chi connectivity index (χ3v) is 13.4. The second kappa shape index (κ2) is 9.83. The van der Waals surface area contributed by atoms with E-state index in [0.29, 0.717) is 0 Å². The average molecular weight is 623 g/mol. The number of ether oxygens (including phenoxy) is 1. The summed E-state index contributed by atoms with van der Waals surface area (Å²) in [4.78, 5) is 0. The zero-order chi connectivity index (χ0) is 25.8. The molecule has 0 saturated heterocycles. The van der Waals surface area contributed by atoms with E-state index in [2.05, 4.69) is 98.6 Å². The molecule has 0 aromatic heterocycles. The highest BCUT2D eigenvalue weighted by atomic mass is 79.9. The Hall–Kier alpha value is -0.783. The smallest absolute Gasteiger partial charge is 0.250 e. The predicted octanol–water partition coefficient (Wildman–Crippen LogP) is 10.2. The molecule has 2 aromatic carbocycles. The highest BCUT2D eigenvalue weighted by Gasteiger charge is 2.41. The van der Waals surface area contributed by atoms with Crippen molar-refractivity contribution in [1.29, 1.82) is 0 Å². The van der Waals surface area contributed by atoms with E-state index >= 15 is 0 Å². The van der Waals surface area contributed by atoms with Crippen molar-refractivity contribution >= 4 is 40.2 Å². The normalized spacial score (nSPS) is 16.5. The highest BCUT2D eigenvalue weighted by molar-refractivity contribution is 9.11. The van der Waals surface area contributed by atoms with Crippen molar-refractivity contribution in [1.82, 2.24) is 0 Å². The lowest BCUT2D eigenvalue weighted by Gasteiger charge is -2.39. The minimum atomic E-state index is -2.08. The molecule has 5 heteroatoms. The molecule has 0 aliphatic heterocycles. The van der Waals surface area contributed by atoms with Crippen molar-refractivity contribution in [2.45, 2.75) is 117 Å². The van der Waals surface area contributed by atoms with Gasteiger partial charge in [0.05, 0.1) is 8.95 Å². The third kappa shape index (κ3) is 5.57. The summed E-state index contributed by atoms with van der Waals surface area (Å²) in [6, 6.07) is 4.66. The number of halogens is 2. The molecule has 0 N–H and O–H groups in total. The molecule has 192 valence electrons. The zero-order valence-electron chi connectivity index (χ0n) is 22.9. The van der Waals surface area contributed by atoms with E-state index in [-0.39, 0.29) is 10.6 Å². The van der Waals surface area contributed by atoms with Gasteiger partial charge in [-0.2, -0.15) is 0 Å². The minimum absolute atomic E-state index is 0.112. The summed E-state index contributed by atoms with van der Waals surface area (Å²) in [5.74, 6) is 2.01. The molecule has 0 spiro atoms. The standard InChI is InChI=1S/C30H42Br2O2Si/c1-29(2,3)33-27-23(31)17-19-13-9-11-15-21(19)25(27)26-22-16-12-10-14-20(22)18-24(32)28(26)34-35(7,8)30(4,5)6/h17-18H,9-16H2,1-8H3. The number of hydrogen-bond acceptors (Lipinski definition) is 2. The van der Waals surface area contributed by atoms with Crippen molar-refractivity contribution < 1.29 is 9.16 Å². The number of benzene rings is 2. The Kier molecular flexibility index (Phi) is 7.66. The van der Waals surface area contributed by atoms with Crippen LogP contribution in [0.15, 0.2) is 21.1 Å². The van der Waals surface area contributed by atoms with Gasteiger partial charge in [0.15, 0.2) is 0 Å². The molecule has 0 saturated carbocycles. The van der Waals surface area contributed by atoms with Crippen LogP contribution in [0.1, 0.15) is 89.5 Å². The van der Waals surface area contributed by atoms with Crippen molar-refractivity contribution in [2.75, 3.05) is 0 Å². The molecule has 35 heavy (non-hydrogen) atoms. The van der Waals surface area contributed by atoms with E-state index in [4.69, 9.17) is 9.16 Å². The Morgan fingerprint density at radius 1 is 0.686 bits per heavy atom. The van der Waals surface area contributed by atoms with Crippen molar-refractivity contribution in [3.05, 3.63) is 43.3 Å². The Labute approximate surface area is 231 Å². The van der Waals surface area contributed by atoms with Crippen LogP contribution in [0.25, 0.3) is 11.1 Å². The first kappa shape index (κ1) is 27.3. The van der Waals surface area contributed by atoms with Crippen LogP contribution >= 0.6 is 31.9 Å². The number of hydrogen-bond donors (Lipinski definition) is 0. The highest BCUT2D eigenvalue weighted by Crippen LogP contribution is 2.53. The first-order chi connectivity index (χ1) is 16.2. The maximum atomic E-state index is 7.19. The quantitative estimate of drug-likeness (QED) is 0.316. The second-order valence-corrected chi connectivity index (χ2v) is 19.3. The fourth-order valence-electron chi connectivity index (χ4n) is 5.14. The Morgan fingerprint density at radius 2 is 1.11 bits per heavy atom. The zero-order valence-corrected chi connectivity index (χ0v) is 27.1. The van der Waals surface area contributed by atoms with E-state index in [1.807, 2.05) is 0 Å². The van der Waals surface area contributed by atoms with Gasteiger partial charge in [0.2, 0.25) is 0 Å². The van der Waals surface area contributed by atoms with Gasteiger partial charge in [-0.05, 0) is 157 Å². The summed E-state index contributed by atoms with van der Waals surface area (Å²) < 4.78 is 16.1. The molecule has 0 heterocycles. The van der Waals surface area contributed by atoms with Gasteiger partial charge in [0, 0.05) is 11.1 Å². The van der Waals surface area contributed by atoms with Gasteiger partial charge in [0.1, 0.15) is 17.1 Å². The number of aryl methyl sites for hydroxylation is 2. The lowest BCUT2D eigenvalue weighted by molar-refractivity contribution is 0.130. The van der Waals surface area contributed by atoms with Gasteiger partial charge < -0.3 is 9.16 Å². The van der Waals surface area contributed by atoms with E-state index in [1.165, 1.54) is 59.1 Å². The molecule has 0 unspecified atom stereocenters. The van der Waals surface area contributed by atoms with Crippen LogP contribution in [0.5, 0.6) is 11.5 Å². The van der Waals surface area contributed by atoms with Gasteiger partial charge >= 0.3 is 0 Å². The van der Waals surface area contributed by atoms with Crippen LogP contribution in [-0.4, -0.2) is 13.9 Å². The summed E-state index contributed by atoms with van der Waals surface area (Å²) in [5.41, 5.74) is 8.12. The average Bonchev–Trinajstić information content (AvgIpc) is 2.74. The van der Waals surface area contributed by atoms with Crippen LogP contribution in [0, 0.1) is 0 Å². The molecule has 2 nitrogen and oxygen atoms in total. The number of rotatable bonds is 4. The van der Waals surface area contributed by atoms with Crippen LogP contribution in [0.4, 0.5) is 0 Å². The first-order valence-electron chi connectivity index (χ1n) is 13.3. The molecule has 0 bridgehead atoms. The summed E-state index contributed by atoms with van der Waals surface area (Å²) >= 11 is 7.93. The monoisotopic (exact) mass is 620 g/mol. The molecule has 2 aliphatic carbocycles. The van der Waals surface area contributed by atoms with Gasteiger partial charge in [-0.3, -0.25) is 0 Å². The van der Waals surface area contributed by atoms with E-state index in [1.54, 1.807) is 0 Å². The Balaban J connectivity index is 2.09. The number of fused-ring (bicyclic) bond motifs is 2. The molecule has 0 atom stereocenters. The van der Waals surface area contributed by atoms with Gasteiger partial charge in [0.25, 0.3) is 8.32 Å². The van der Waals surface area contributed by atoms with Crippen molar-refractivity contribution in [3.63, 3.8) is 0 Å². The largest absolute Gasteiger partial charge is 0.542 e. The van der Waals surface area contributed by atoms with E-state index in [9.17, 15) is 0 Å². The van der Waals surface area contributed by atoms with E-state index in [0.717, 1.165) is 46.1 Å². The summed E-state index contributed by atoms with van der Waals surface area (Å²) in [7, 11) is -2.08. The van der Waals surface area contributed by atoms with Crippen molar-refractivity contribution in [3.8, 4) is 22.6 Å². The summed E-state index contributed by atoms with van der Waals surface area (Å²) in [6.45, 7) is 18.1. The molecule has 0 radical (unpaired) electrons. The van der Waals surface area contributed by atoms with Crippen LogP contribution < -0.4 is 9.16 Å². The lowest BCUT2D eigenvalue weighted by atomic mass is 9.80. The maximum Gasteiger partial charge on any atom is 0.250 e. The summed E-state index contributed by atoms with van der Waals surface area (Å²) in [5, 5.41) is 0.112. The predicted molar refractivity (Wildman–Crippen MR) is 159 cm³/mol. The molecular formula is C30H42Br2O2Si. The molecule has 2 aromatic rings. The third-order valence-electron chi connectivity index (χ3n) is 7.94. The summed E-state index contributed by atoms with van der Waals surface area (Å²) in [6.07, 6.45) is 9.42. The van der Waals surface area contributed by atoms with Crippen molar-refractivity contribution in [2.24, 2.45) is 0 Å². The lowest BCUT2D eigenvalue weighted by Crippen LogP contribution is -2.44. The van der Waals surface area contributed by atoms with Crippen LogP contribution in [0.3, 0.4) is 0 Å².